The van der Waals surface area contributed by atoms with Gasteiger partial charge in [-0.05, 0) is 31.9 Å². The third kappa shape index (κ3) is 3.13. The first-order chi connectivity index (χ1) is 8.58. The van der Waals surface area contributed by atoms with Crippen molar-refractivity contribution in [2.75, 3.05) is 6.61 Å². The van der Waals surface area contributed by atoms with Gasteiger partial charge in [-0.3, -0.25) is 4.79 Å². The summed E-state index contributed by atoms with van der Waals surface area (Å²) in [6.07, 6.45) is 2.05. The number of rotatable bonds is 3. The van der Waals surface area contributed by atoms with E-state index >= 15 is 0 Å². The molecule has 1 aliphatic rings. The van der Waals surface area contributed by atoms with E-state index in [0.717, 1.165) is 19.4 Å². The van der Waals surface area contributed by atoms with Gasteiger partial charge in [0.2, 0.25) is 0 Å². The van der Waals surface area contributed by atoms with Gasteiger partial charge < -0.3 is 10.1 Å². The predicted molar refractivity (Wildman–Crippen MR) is 70.2 cm³/mol. The lowest BCUT2D eigenvalue weighted by atomic mass is 10.1. The molecule has 2 heterocycles. The van der Waals surface area contributed by atoms with Crippen LogP contribution >= 0.6 is 23.2 Å². The molecule has 0 saturated carbocycles. The van der Waals surface area contributed by atoms with E-state index in [1.165, 1.54) is 0 Å². The highest BCUT2D eigenvalue weighted by atomic mass is 35.5. The first-order valence-corrected chi connectivity index (χ1v) is 6.58. The summed E-state index contributed by atoms with van der Waals surface area (Å²) in [7, 11) is 0. The largest absolute Gasteiger partial charge is 0.376 e. The monoisotopic (exact) mass is 288 g/mol. The Labute approximate surface area is 116 Å². The SMILES string of the molecule is C[C@H](NC(=O)c1nc(Cl)ccc1Cl)[C@H]1CCCO1. The molecule has 1 fully saturated rings. The standard InChI is InChI=1S/C12H14Cl2N2O2/c1-7(9-3-2-6-18-9)15-12(17)11-8(13)4-5-10(14)16-11/h4-5,7,9H,2-3,6H2,1H3,(H,15,17)/t7-,9+/m0/s1. The minimum absolute atomic E-state index is 0.0620. The van der Waals surface area contributed by atoms with Gasteiger partial charge in [0.25, 0.3) is 5.91 Å². The molecule has 0 spiro atoms. The first kappa shape index (κ1) is 13.6. The third-order valence-corrected chi connectivity index (χ3v) is 3.42. The van der Waals surface area contributed by atoms with Crippen LogP contribution in [0.25, 0.3) is 0 Å². The van der Waals surface area contributed by atoms with E-state index in [-0.39, 0.29) is 33.9 Å². The van der Waals surface area contributed by atoms with Crippen LogP contribution in [-0.2, 0) is 4.74 Å². The Morgan fingerprint density at radius 1 is 1.56 bits per heavy atom. The molecule has 1 saturated heterocycles. The Balaban J connectivity index is 2.04. The van der Waals surface area contributed by atoms with Gasteiger partial charge >= 0.3 is 0 Å². The number of nitrogens with zero attached hydrogens (tertiary/aromatic N) is 1. The molecule has 4 nitrogen and oxygen atoms in total. The van der Waals surface area contributed by atoms with Gasteiger partial charge in [0, 0.05) is 6.61 Å². The topological polar surface area (TPSA) is 51.2 Å². The van der Waals surface area contributed by atoms with Gasteiger partial charge in [-0.1, -0.05) is 23.2 Å². The van der Waals surface area contributed by atoms with Crippen LogP contribution < -0.4 is 5.32 Å². The van der Waals surface area contributed by atoms with Gasteiger partial charge in [-0.25, -0.2) is 4.98 Å². The average Bonchev–Trinajstić information content (AvgIpc) is 2.85. The fourth-order valence-corrected chi connectivity index (χ4v) is 2.28. The molecular weight excluding hydrogens is 275 g/mol. The summed E-state index contributed by atoms with van der Waals surface area (Å²) in [5, 5.41) is 3.37. The summed E-state index contributed by atoms with van der Waals surface area (Å²) in [5.74, 6) is -0.328. The number of aromatic nitrogens is 1. The van der Waals surface area contributed by atoms with Crippen LogP contribution in [-0.4, -0.2) is 29.6 Å². The van der Waals surface area contributed by atoms with Crippen molar-refractivity contribution in [3.63, 3.8) is 0 Å². The lowest BCUT2D eigenvalue weighted by Crippen LogP contribution is -2.41. The molecule has 0 aliphatic carbocycles. The van der Waals surface area contributed by atoms with E-state index in [1.54, 1.807) is 12.1 Å². The van der Waals surface area contributed by atoms with E-state index in [2.05, 4.69) is 10.3 Å². The number of carbonyl (C=O) groups excluding carboxylic acids is 1. The Morgan fingerprint density at radius 2 is 2.33 bits per heavy atom. The Kier molecular flexibility index (Phi) is 4.43. The molecule has 1 amide bonds. The number of hydrogen-bond acceptors (Lipinski definition) is 3. The van der Waals surface area contributed by atoms with E-state index in [9.17, 15) is 4.79 Å². The zero-order valence-corrected chi connectivity index (χ0v) is 11.5. The van der Waals surface area contributed by atoms with Gasteiger partial charge in [0.1, 0.15) is 10.8 Å². The third-order valence-electron chi connectivity index (χ3n) is 2.91. The number of amides is 1. The van der Waals surface area contributed by atoms with Gasteiger partial charge in [-0.2, -0.15) is 0 Å². The fourth-order valence-electron chi connectivity index (χ4n) is 1.94. The summed E-state index contributed by atoms with van der Waals surface area (Å²) >= 11 is 11.7. The van der Waals surface area contributed by atoms with Crippen molar-refractivity contribution >= 4 is 29.1 Å². The lowest BCUT2D eigenvalue weighted by Gasteiger charge is -2.19. The van der Waals surface area contributed by atoms with Crippen LogP contribution in [0.3, 0.4) is 0 Å². The zero-order chi connectivity index (χ0) is 13.1. The van der Waals surface area contributed by atoms with Crippen LogP contribution in [0.5, 0.6) is 0 Å². The molecule has 1 aromatic heterocycles. The van der Waals surface area contributed by atoms with E-state index < -0.39 is 0 Å². The molecule has 0 aromatic carbocycles. The lowest BCUT2D eigenvalue weighted by molar-refractivity contribution is 0.0709. The zero-order valence-electron chi connectivity index (χ0n) is 9.95. The minimum atomic E-state index is -0.328. The van der Waals surface area contributed by atoms with Crippen molar-refractivity contribution in [3.8, 4) is 0 Å². The highest BCUT2D eigenvalue weighted by Gasteiger charge is 2.25. The molecule has 1 N–H and O–H groups in total. The number of hydrogen-bond donors (Lipinski definition) is 1. The van der Waals surface area contributed by atoms with E-state index in [4.69, 9.17) is 27.9 Å². The van der Waals surface area contributed by atoms with Crippen LogP contribution in [0.2, 0.25) is 10.2 Å². The second kappa shape index (κ2) is 5.87. The van der Waals surface area contributed by atoms with Crippen molar-refractivity contribution in [2.24, 2.45) is 0 Å². The van der Waals surface area contributed by atoms with Crippen molar-refractivity contribution in [2.45, 2.75) is 31.9 Å². The van der Waals surface area contributed by atoms with Crippen LogP contribution in [0, 0.1) is 0 Å². The van der Waals surface area contributed by atoms with E-state index in [0.29, 0.717) is 0 Å². The normalized spacial score (nSPS) is 20.7. The Morgan fingerprint density at radius 3 is 3.00 bits per heavy atom. The fraction of sp³-hybridized carbons (Fsp3) is 0.500. The molecular formula is C12H14Cl2N2O2. The number of pyridine rings is 1. The minimum Gasteiger partial charge on any atom is -0.376 e. The molecule has 2 atom stereocenters. The number of halogens is 2. The van der Waals surface area contributed by atoms with Crippen molar-refractivity contribution < 1.29 is 9.53 Å². The van der Waals surface area contributed by atoms with Gasteiger partial charge in [0.05, 0.1) is 17.2 Å². The summed E-state index contributed by atoms with van der Waals surface area (Å²) < 4.78 is 5.51. The van der Waals surface area contributed by atoms with Crippen molar-refractivity contribution in [1.82, 2.24) is 10.3 Å². The highest BCUT2D eigenvalue weighted by molar-refractivity contribution is 6.34. The maximum absolute atomic E-state index is 12.0. The molecule has 0 radical (unpaired) electrons. The molecule has 1 aromatic rings. The van der Waals surface area contributed by atoms with Crippen LogP contribution in [0.1, 0.15) is 30.3 Å². The first-order valence-electron chi connectivity index (χ1n) is 5.82. The smallest absolute Gasteiger partial charge is 0.271 e. The number of nitrogens with one attached hydrogen (secondary N) is 1. The highest BCUT2D eigenvalue weighted by Crippen LogP contribution is 2.19. The molecule has 18 heavy (non-hydrogen) atoms. The molecule has 98 valence electrons. The molecule has 0 bridgehead atoms. The van der Waals surface area contributed by atoms with E-state index in [1.807, 2.05) is 6.92 Å². The summed E-state index contributed by atoms with van der Waals surface area (Å²) in [5.41, 5.74) is 0.147. The van der Waals surface area contributed by atoms with Crippen LogP contribution in [0.4, 0.5) is 0 Å². The van der Waals surface area contributed by atoms with Gasteiger partial charge in [0.15, 0.2) is 0 Å². The number of carbonyl (C=O) groups is 1. The van der Waals surface area contributed by atoms with Crippen LogP contribution in [0.15, 0.2) is 12.1 Å². The summed E-state index contributed by atoms with van der Waals surface area (Å²) in [6.45, 7) is 2.66. The number of ether oxygens (including phenoxy) is 1. The van der Waals surface area contributed by atoms with Gasteiger partial charge in [-0.15, -0.1) is 0 Å². The Hall–Kier alpha value is -0.840. The average molecular weight is 289 g/mol. The maximum Gasteiger partial charge on any atom is 0.271 e. The quantitative estimate of drug-likeness (QED) is 0.870. The summed E-state index contributed by atoms with van der Waals surface area (Å²) in [6, 6.07) is 3.03. The molecule has 1 aliphatic heterocycles. The van der Waals surface area contributed by atoms with Crippen molar-refractivity contribution in [1.29, 1.82) is 0 Å². The Bertz CT molecular complexity index is 448. The van der Waals surface area contributed by atoms with Crippen molar-refractivity contribution in [3.05, 3.63) is 28.0 Å². The molecule has 2 rings (SSSR count). The maximum atomic E-state index is 12.0. The predicted octanol–water partition coefficient (Wildman–Crippen LogP) is 2.69. The summed E-state index contributed by atoms with van der Waals surface area (Å²) in [4.78, 5) is 15.9. The molecule has 6 heteroatoms. The molecule has 0 unspecified atom stereocenters. The second-order valence-corrected chi connectivity index (χ2v) is 5.07. The second-order valence-electron chi connectivity index (χ2n) is 4.28.